The fraction of sp³-hybridized carbons (Fsp3) is 0.667. The van der Waals surface area contributed by atoms with Gasteiger partial charge in [-0.15, -0.1) is 0 Å². The topological polar surface area (TPSA) is 67.5 Å². The summed E-state index contributed by atoms with van der Waals surface area (Å²) in [4.78, 5) is 29.4. The van der Waals surface area contributed by atoms with Crippen molar-refractivity contribution in [1.29, 1.82) is 0 Å². The standard InChI is InChI=1S/C24H33N3O3/c1-16-8-10-18(11-9-16)27-22(28)20-14-21-19(12-13-30-21)26(20)15-24(27,2)23(29)25-17-6-4-3-5-7-17/h12-14,16-18H,3-11,15H2,1-2H3,(H,25,29). The van der Waals surface area contributed by atoms with E-state index in [9.17, 15) is 9.59 Å². The average Bonchev–Trinajstić information content (AvgIpc) is 3.33. The quantitative estimate of drug-likeness (QED) is 0.810. The van der Waals surface area contributed by atoms with E-state index in [0.717, 1.165) is 44.0 Å². The Labute approximate surface area is 178 Å². The fourth-order valence-corrected chi connectivity index (χ4v) is 5.89. The van der Waals surface area contributed by atoms with Gasteiger partial charge in [-0.05, 0) is 51.4 Å². The first-order valence-corrected chi connectivity index (χ1v) is 11.7. The lowest BCUT2D eigenvalue weighted by Gasteiger charge is -2.49. The number of hydrogen-bond acceptors (Lipinski definition) is 3. The summed E-state index contributed by atoms with van der Waals surface area (Å²) in [6, 6.07) is 4.08. The molecule has 1 atom stereocenters. The minimum absolute atomic E-state index is 0.00244. The maximum atomic E-state index is 13.8. The van der Waals surface area contributed by atoms with Gasteiger partial charge in [0.05, 0.1) is 18.3 Å². The van der Waals surface area contributed by atoms with Gasteiger partial charge in [-0.2, -0.15) is 0 Å². The lowest BCUT2D eigenvalue weighted by atomic mass is 9.82. The van der Waals surface area contributed by atoms with Crippen molar-refractivity contribution < 1.29 is 14.0 Å². The second-order valence-electron chi connectivity index (χ2n) is 9.96. The summed E-state index contributed by atoms with van der Waals surface area (Å²) in [5.41, 5.74) is 1.36. The van der Waals surface area contributed by atoms with Crippen LogP contribution in [0.5, 0.6) is 0 Å². The number of nitrogens with zero attached hydrogens (tertiary/aromatic N) is 2. The molecule has 0 aromatic carbocycles. The molecule has 2 amide bonds. The van der Waals surface area contributed by atoms with Gasteiger partial charge in [0.2, 0.25) is 5.91 Å². The van der Waals surface area contributed by atoms with Gasteiger partial charge in [0.1, 0.15) is 11.2 Å². The van der Waals surface area contributed by atoms with E-state index < -0.39 is 5.54 Å². The average molecular weight is 412 g/mol. The molecule has 2 aromatic rings. The van der Waals surface area contributed by atoms with E-state index in [0.29, 0.717) is 23.7 Å². The molecule has 1 N–H and O–H groups in total. The maximum Gasteiger partial charge on any atom is 0.271 e. The van der Waals surface area contributed by atoms with Crippen molar-refractivity contribution in [2.45, 2.75) is 95.8 Å². The van der Waals surface area contributed by atoms with E-state index in [1.807, 2.05) is 28.5 Å². The molecule has 2 saturated carbocycles. The van der Waals surface area contributed by atoms with Gasteiger partial charge in [-0.3, -0.25) is 9.59 Å². The molecule has 162 valence electrons. The molecule has 3 aliphatic rings. The molecular weight excluding hydrogens is 378 g/mol. The van der Waals surface area contributed by atoms with Crippen LogP contribution in [0.25, 0.3) is 11.1 Å². The third kappa shape index (κ3) is 3.15. The lowest BCUT2D eigenvalue weighted by Crippen LogP contribution is -2.67. The number of nitrogens with one attached hydrogen (secondary N) is 1. The van der Waals surface area contributed by atoms with E-state index >= 15 is 0 Å². The third-order valence-electron chi connectivity index (χ3n) is 7.74. The maximum absolute atomic E-state index is 13.8. The van der Waals surface area contributed by atoms with Crippen LogP contribution in [0.15, 0.2) is 22.8 Å². The van der Waals surface area contributed by atoms with Gasteiger partial charge in [-0.1, -0.05) is 26.2 Å². The largest absolute Gasteiger partial charge is 0.463 e. The van der Waals surface area contributed by atoms with Crippen molar-refractivity contribution in [3.63, 3.8) is 0 Å². The molecule has 1 aliphatic heterocycles. The Morgan fingerprint density at radius 1 is 1.13 bits per heavy atom. The number of carbonyl (C=O) groups excluding carboxylic acids is 2. The van der Waals surface area contributed by atoms with Crippen LogP contribution in [0.4, 0.5) is 0 Å². The number of rotatable bonds is 3. The van der Waals surface area contributed by atoms with Crippen molar-refractivity contribution in [2.75, 3.05) is 0 Å². The molecule has 0 bridgehead atoms. The van der Waals surface area contributed by atoms with E-state index in [1.165, 1.54) is 19.3 Å². The summed E-state index contributed by atoms with van der Waals surface area (Å²) >= 11 is 0. The summed E-state index contributed by atoms with van der Waals surface area (Å²) in [6.07, 6.45) is 11.5. The predicted molar refractivity (Wildman–Crippen MR) is 115 cm³/mol. The lowest BCUT2D eigenvalue weighted by molar-refractivity contribution is -0.135. The van der Waals surface area contributed by atoms with Gasteiger partial charge >= 0.3 is 0 Å². The van der Waals surface area contributed by atoms with Crippen molar-refractivity contribution in [3.8, 4) is 0 Å². The molecule has 6 heteroatoms. The molecule has 0 radical (unpaired) electrons. The number of aromatic nitrogens is 1. The highest BCUT2D eigenvalue weighted by molar-refractivity contribution is 6.03. The van der Waals surface area contributed by atoms with Crippen LogP contribution >= 0.6 is 0 Å². The number of carbonyl (C=O) groups is 2. The SMILES string of the molecule is CC1CCC(N2C(=O)c3cc4occc4n3CC2(C)C(=O)NC2CCCCC2)CC1. The summed E-state index contributed by atoms with van der Waals surface area (Å²) < 4.78 is 7.56. The van der Waals surface area contributed by atoms with E-state index in [1.54, 1.807) is 6.26 Å². The minimum atomic E-state index is -0.893. The van der Waals surface area contributed by atoms with E-state index in [2.05, 4.69) is 12.2 Å². The van der Waals surface area contributed by atoms with Gasteiger partial charge in [0.25, 0.3) is 5.91 Å². The molecule has 6 nitrogen and oxygen atoms in total. The molecule has 30 heavy (non-hydrogen) atoms. The predicted octanol–water partition coefficient (Wildman–Crippen LogP) is 4.48. The van der Waals surface area contributed by atoms with Crippen molar-refractivity contribution in [2.24, 2.45) is 5.92 Å². The Hall–Kier alpha value is -2.24. The molecular formula is C24H33N3O3. The zero-order valence-electron chi connectivity index (χ0n) is 18.2. The summed E-state index contributed by atoms with van der Waals surface area (Å²) in [5, 5.41) is 3.32. The summed E-state index contributed by atoms with van der Waals surface area (Å²) in [5.74, 6) is 0.653. The Bertz CT molecular complexity index is 946. The van der Waals surface area contributed by atoms with Gasteiger partial charge in [-0.25, -0.2) is 0 Å². The highest BCUT2D eigenvalue weighted by Crippen LogP contribution is 2.38. The van der Waals surface area contributed by atoms with Crippen LogP contribution in [0.2, 0.25) is 0 Å². The molecule has 2 aromatic heterocycles. The number of furan rings is 1. The Morgan fingerprint density at radius 2 is 1.87 bits per heavy atom. The first kappa shape index (κ1) is 19.7. The highest BCUT2D eigenvalue weighted by atomic mass is 16.3. The molecule has 2 aliphatic carbocycles. The molecule has 0 spiro atoms. The summed E-state index contributed by atoms with van der Waals surface area (Å²) in [7, 11) is 0. The second kappa shape index (κ2) is 7.47. The number of fused-ring (bicyclic) bond motifs is 3. The smallest absolute Gasteiger partial charge is 0.271 e. The minimum Gasteiger partial charge on any atom is -0.463 e. The molecule has 0 saturated heterocycles. The first-order valence-electron chi connectivity index (χ1n) is 11.7. The van der Waals surface area contributed by atoms with Crippen LogP contribution in [-0.4, -0.2) is 38.9 Å². The van der Waals surface area contributed by atoms with E-state index in [4.69, 9.17) is 4.42 Å². The molecule has 1 unspecified atom stereocenters. The van der Waals surface area contributed by atoms with Crippen molar-refractivity contribution in [1.82, 2.24) is 14.8 Å². The van der Waals surface area contributed by atoms with Crippen molar-refractivity contribution in [3.05, 3.63) is 24.1 Å². The number of hydrogen-bond donors (Lipinski definition) is 1. The van der Waals surface area contributed by atoms with Crippen LogP contribution in [0.1, 0.15) is 82.1 Å². The van der Waals surface area contributed by atoms with Gasteiger partial charge in [0, 0.05) is 24.2 Å². The van der Waals surface area contributed by atoms with Gasteiger partial charge < -0.3 is 19.2 Å². The van der Waals surface area contributed by atoms with Gasteiger partial charge in [0.15, 0.2) is 5.58 Å². The first-order chi connectivity index (χ1) is 14.5. The second-order valence-corrected chi connectivity index (χ2v) is 9.96. The van der Waals surface area contributed by atoms with Crippen LogP contribution < -0.4 is 5.32 Å². The molecule has 2 fully saturated rings. The van der Waals surface area contributed by atoms with Crippen molar-refractivity contribution >= 4 is 22.9 Å². The molecule has 3 heterocycles. The van der Waals surface area contributed by atoms with Crippen LogP contribution in [0.3, 0.4) is 0 Å². The Morgan fingerprint density at radius 3 is 2.60 bits per heavy atom. The monoisotopic (exact) mass is 411 g/mol. The zero-order valence-corrected chi connectivity index (χ0v) is 18.2. The summed E-state index contributed by atoms with van der Waals surface area (Å²) in [6.45, 7) is 4.72. The Balaban J connectivity index is 1.51. The zero-order chi connectivity index (χ0) is 20.9. The normalized spacial score (nSPS) is 30.5. The third-order valence-corrected chi connectivity index (χ3v) is 7.74. The molecule has 5 rings (SSSR count). The Kier molecular flexibility index (Phi) is 4.91. The fourth-order valence-electron chi connectivity index (χ4n) is 5.89. The van der Waals surface area contributed by atoms with E-state index in [-0.39, 0.29) is 23.9 Å². The highest BCUT2D eigenvalue weighted by Gasteiger charge is 2.51. The number of amides is 2. The van der Waals surface area contributed by atoms with Crippen LogP contribution in [0, 0.1) is 5.92 Å². The van der Waals surface area contributed by atoms with Crippen LogP contribution in [-0.2, 0) is 11.3 Å².